The van der Waals surface area contributed by atoms with E-state index in [0.29, 0.717) is 11.1 Å². The Balaban J connectivity index is 1.41. The van der Waals surface area contributed by atoms with Gasteiger partial charge in [-0.05, 0) is 88.9 Å². The van der Waals surface area contributed by atoms with Crippen molar-refractivity contribution < 1.29 is 0 Å². The lowest BCUT2D eigenvalue weighted by Crippen LogP contribution is -2.48. The Morgan fingerprint density at radius 2 is 1.92 bits per heavy atom. The van der Waals surface area contributed by atoms with Crippen molar-refractivity contribution in [1.29, 1.82) is 0 Å². The molecule has 0 bridgehead atoms. The van der Waals surface area contributed by atoms with Gasteiger partial charge in [0.15, 0.2) is 0 Å². The molecule has 4 rings (SSSR count). The van der Waals surface area contributed by atoms with E-state index in [1.807, 2.05) is 0 Å². The van der Waals surface area contributed by atoms with Gasteiger partial charge in [-0.3, -0.25) is 9.80 Å². The average molecular weight is 341 g/mol. The highest BCUT2D eigenvalue weighted by Gasteiger charge is 2.47. The van der Waals surface area contributed by atoms with E-state index in [9.17, 15) is 0 Å². The van der Waals surface area contributed by atoms with Crippen LogP contribution in [-0.2, 0) is 13.0 Å². The Labute approximate surface area is 154 Å². The van der Waals surface area contributed by atoms with Crippen LogP contribution in [0.5, 0.6) is 0 Å². The minimum absolute atomic E-state index is 0.319. The van der Waals surface area contributed by atoms with Crippen LogP contribution in [-0.4, -0.2) is 40.5 Å². The first kappa shape index (κ1) is 17.5. The third-order valence-corrected chi connectivity index (χ3v) is 7.58. The van der Waals surface area contributed by atoms with Crippen LogP contribution in [0.2, 0.25) is 0 Å². The van der Waals surface area contributed by atoms with E-state index >= 15 is 0 Å². The molecule has 1 aromatic carbocycles. The van der Waals surface area contributed by atoms with E-state index in [4.69, 9.17) is 0 Å². The standard InChI is InChI=1S/C23H36N2/c1-4-24-14-7-12-23(24)13-10-19(17-23)16-22(2,3)25-15-11-20-8-5-6-9-21(20)18-25/h5-6,8-9,19H,4,7,10-18H2,1-3H3. The van der Waals surface area contributed by atoms with Crippen molar-refractivity contribution in [1.82, 2.24) is 9.80 Å². The number of nitrogens with zero attached hydrogens (tertiary/aromatic N) is 2. The first-order valence-corrected chi connectivity index (χ1v) is 10.6. The van der Waals surface area contributed by atoms with E-state index in [1.165, 1.54) is 64.6 Å². The van der Waals surface area contributed by atoms with Crippen LogP contribution in [0.4, 0.5) is 0 Å². The number of hydrogen-bond donors (Lipinski definition) is 0. The van der Waals surface area contributed by atoms with Crippen LogP contribution in [0.25, 0.3) is 0 Å². The summed E-state index contributed by atoms with van der Waals surface area (Å²) in [7, 11) is 0. The maximum Gasteiger partial charge on any atom is 0.0241 e. The maximum atomic E-state index is 2.80. The van der Waals surface area contributed by atoms with Crippen LogP contribution in [0, 0.1) is 5.92 Å². The van der Waals surface area contributed by atoms with Gasteiger partial charge in [-0.15, -0.1) is 0 Å². The van der Waals surface area contributed by atoms with Gasteiger partial charge in [-0.2, -0.15) is 0 Å². The number of benzene rings is 1. The highest BCUT2D eigenvalue weighted by molar-refractivity contribution is 5.29. The lowest BCUT2D eigenvalue weighted by molar-refractivity contribution is 0.0750. The second kappa shape index (κ2) is 6.70. The summed E-state index contributed by atoms with van der Waals surface area (Å²) in [6.07, 6.45) is 9.82. The fraction of sp³-hybridized carbons (Fsp3) is 0.739. The molecule has 25 heavy (non-hydrogen) atoms. The zero-order valence-corrected chi connectivity index (χ0v) is 16.6. The first-order valence-electron chi connectivity index (χ1n) is 10.6. The maximum absolute atomic E-state index is 2.80. The molecule has 1 saturated heterocycles. The summed E-state index contributed by atoms with van der Waals surface area (Å²) in [6, 6.07) is 9.05. The number of likely N-dealkylation sites (tertiary alicyclic amines) is 1. The molecule has 2 fully saturated rings. The number of hydrogen-bond acceptors (Lipinski definition) is 2. The number of fused-ring (bicyclic) bond motifs is 1. The fourth-order valence-electron chi connectivity index (χ4n) is 6.24. The summed E-state index contributed by atoms with van der Waals surface area (Å²) in [5.74, 6) is 0.916. The molecule has 138 valence electrons. The lowest BCUT2D eigenvalue weighted by atomic mass is 9.84. The largest absolute Gasteiger partial charge is 0.298 e. The summed E-state index contributed by atoms with van der Waals surface area (Å²) in [6.45, 7) is 12.3. The molecule has 2 heterocycles. The molecular formula is C23H36N2. The molecule has 1 aliphatic carbocycles. The summed E-state index contributed by atoms with van der Waals surface area (Å²) in [5.41, 5.74) is 4.01. The lowest BCUT2D eigenvalue weighted by Gasteiger charge is -2.43. The topological polar surface area (TPSA) is 6.48 Å². The van der Waals surface area contributed by atoms with Crippen LogP contribution in [0.15, 0.2) is 24.3 Å². The van der Waals surface area contributed by atoms with Crippen molar-refractivity contribution >= 4 is 0 Å². The Bertz CT molecular complexity index is 608. The van der Waals surface area contributed by atoms with Crippen molar-refractivity contribution in [2.45, 2.75) is 83.3 Å². The predicted molar refractivity (Wildman–Crippen MR) is 106 cm³/mol. The minimum Gasteiger partial charge on any atom is -0.298 e. The highest BCUT2D eigenvalue weighted by Crippen LogP contribution is 2.48. The summed E-state index contributed by atoms with van der Waals surface area (Å²) in [4.78, 5) is 5.56. The monoisotopic (exact) mass is 340 g/mol. The van der Waals surface area contributed by atoms with Crippen LogP contribution in [0.1, 0.15) is 70.4 Å². The molecule has 1 spiro atoms. The quantitative estimate of drug-likeness (QED) is 0.771. The summed E-state index contributed by atoms with van der Waals surface area (Å²) < 4.78 is 0. The molecule has 0 aromatic heterocycles. The zero-order chi connectivity index (χ0) is 17.5. The van der Waals surface area contributed by atoms with Gasteiger partial charge in [-0.25, -0.2) is 0 Å². The molecule has 0 radical (unpaired) electrons. The molecule has 2 nitrogen and oxygen atoms in total. The van der Waals surface area contributed by atoms with Crippen molar-refractivity contribution in [3.8, 4) is 0 Å². The van der Waals surface area contributed by atoms with Crippen molar-refractivity contribution in [2.24, 2.45) is 5.92 Å². The second-order valence-electron chi connectivity index (χ2n) is 9.47. The third kappa shape index (κ3) is 3.28. The van der Waals surface area contributed by atoms with E-state index in [-0.39, 0.29) is 0 Å². The van der Waals surface area contributed by atoms with Crippen molar-refractivity contribution in [3.05, 3.63) is 35.4 Å². The van der Waals surface area contributed by atoms with Gasteiger partial charge in [0.2, 0.25) is 0 Å². The van der Waals surface area contributed by atoms with Gasteiger partial charge in [0.1, 0.15) is 0 Å². The average Bonchev–Trinajstić information content (AvgIpc) is 3.20. The van der Waals surface area contributed by atoms with Crippen molar-refractivity contribution in [2.75, 3.05) is 19.6 Å². The van der Waals surface area contributed by atoms with Gasteiger partial charge < -0.3 is 0 Å². The summed E-state index contributed by atoms with van der Waals surface area (Å²) in [5, 5.41) is 0. The van der Waals surface area contributed by atoms with Gasteiger partial charge in [0.05, 0.1) is 0 Å². The van der Waals surface area contributed by atoms with Crippen molar-refractivity contribution in [3.63, 3.8) is 0 Å². The van der Waals surface area contributed by atoms with E-state index in [0.717, 1.165) is 12.5 Å². The third-order valence-electron chi connectivity index (χ3n) is 7.58. The number of rotatable bonds is 4. The molecule has 1 saturated carbocycles. The van der Waals surface area contributed by atoms with E-state index < -0.39 is 0 Å². The summed E-state index contributed by atoms with van der Waals surface area (Å²) >= 11 is 0. The Morgan fingerprint density at radius 3 is 2.72 bits per heavy atom. The van der Waals surface area contributed by atoms with Gasteiger partial charge in [0, 0.05) is 24.2 Å². The van der Waals surface area contributed by atoms with Crippen LogP contribution < -0.4 is 0 Å². The molecular weight excluding hydrogens is 304 g/mol. The molecule has 2 atom stereocenters. The molecule has 2 heteroatoms. The second-order valence-corrected chi connectivity index (χ2v) is 9.47. The smallest absolute Gasteiger partial charge is 0.0241 e. The predicted octanol–water partition coefficient (Wildman–Crippen LogP) is 4.87. The normalized spacial score (nSPS) is 30.9. The molecule has 0 amide bonds. The van der Waals surface area contributed by atoms with Gasteiger partial charge in [-0.1, -0.05) is 31.2 Å². The highest BCUT2D eigenvalue weighted by atomic mass is 15.2. The van der Waals surface area contributed by atoms with Crippen LogP contribution in [0.3, 0.4) is 0 Å². The first-order chi connectivity index (χ1) is 12.0. The SMILES string of the molecule is CCN1CCCC12CCC(CC(C)(C)N1CCc3ccccc3C1)C2. The molecule has 1 aromatic rings. The van der Waals surface area contributed by atoms with E-state index in [1.54, 1.807) is 11.1 Å². The van der Waals surface area contributed by atoms with Gasteiger partial charge >= 0.3 is 0 Å². The molecule has 2 unspecified atom stereocenters. The molecule has 2 aliphatic heterocycles. The zero-order valence-electron chi connectivity index (χ0n) is 16.6. The van der Waals surface area contributed by atoms with Crippen LogP contribution >= 0.6 is 0 Å². The molecule has 3 aliphatic rings. The Morgan fingerprint density at radius 1 is 1.12 bits per heavy atom. The van der Waals surface area contributed by atoms with E-state index in [2.05, 4.69) is 54.8 Å². The van der Waals surface area contributed by atoms with Gasteiger partial charge in [0.25, 0.3) is 0 Å². The fourth-order valence-corrected chi connectivity index (χ4v) is 6.24. The minimum atomic E-state index is 0.319. The Hall–Kier alpha value is -0.860. The molecule has 0 N–H and O–H groups in total. The Kier molecular flexibility index (Phi) is 4.70.